The molecule has 7 heteroatoms. The Morgan fingerprint density at radius 2 is 1.96 bits per heavy atom. The van der Waals surface area contributed by atoms with Crippen molar-refractivity contribution in [1.82, 2.24) is 10.3 Å². The van der Waals surface area contributed by atoms with Gasteiger partial charge in [0.15, 0.2) is 5.43 Å². The molecule has 1 aliphatic heterocycles. The topological polar surface area (TPSA) is 69.0 Å². The van der Waals surface area contributed by atoms with Crippen LogP contribution in [0.1, 0.15) is 24.4 Å². The Hall–Kier alpha value is -2.21. The molecule has 1 atom stereocenters. The smallest absolute Gasteiger partial charge is 0.191 e. The van der Waals surface area contributed by atoms with Gasteiger partial charge < -0.3 is 20.9 Å². The first-order chi connectivity index (χ1) is 13.6. The van der Waals surface area contributed by atoms with E-state index < -0.39 is 0 Å². The van der Waals surface area contributed by atoms with Gasteiger partial charge in [-0.2, -0.15) is 0 Å². The Balaban J connectivity index is 1.32. The van der Waals surface area contributed by atoms with E-state index in [1.807, 2.05) is 30.3 Å². The summed E-state index contributed by atoms with van der Waals surface area (Å²) in [7, 11) is 0. The molecule has 4 rings (SSSR count). The highest BCUT2D eigenvalue weighted by Crippen LogP contribution is 2.37. The van der Waals surface area contributed by atoms with Crippen LogP contribution in [-0.2, 0) is 0 Å². The third-order valence-corrected chi connectivity index (χ3v) is 5.51. The fraction of sp³-hybridized carbons (Fsp3) is 0.286. The summed E-state index contributed by atoms with van der Waals surface area (Å²) >= 11 is 12.5. The predicted octanol–water partition coefficient (Wildman–Crippen LogP) is 4.78. The van der Waals surface area contributed by atoms with E-state index in [0.29, 0.717) is 15.4 Å². The molecule has 0 amide bonds. The highest BCUT2D eigenvalue weighted by atomic mass is 35.5. The molecule has 0 fully saturated rings. The molecule has 5 nitrogen and oxygen atoms in total. The molecule has 2 heterocycles. The SMILES string of the molecule is O=c1cc(NCCCNC2CCNc3c(Cl)cc(Cl)cc32)[nH]c2ccccc12. The first-order valence-corrected chi connectivity index (χ1v) is 10.2. The quantitative estimate of drug-likeness (QED) is 0.436. The molecule has 1 aliphatic rings. The van der Waals surface area contributed by atoms with E-state index in [9.17, 15) is 4.79 Å². The summed E-state index contributed by atoms with van der Waals surface area (Å²) in [4.78, 5) is 15.4. The Labute approximate surface area is 173 Å². The van der Waals surface area contributed by atoms with Gasteiger partial charge in [0.1, 0.15) is 5.82 Å². The summed E-state index contributed by atoms with van der Waals surface area (Å²) < 4.78 is 0. The van der Waals surface area contributed by atoms with Crippen LogP contribution in [-0.4, -0.2) is 24.6 Å². The summed E-state index contributed by atoms with van der Waals surface area (Å²) in [5.74, 6) is 0.745. The molecule has 28 heavy (non-hydrogen) atoms. The van der Waals surface area contributed by atoms with Gasteiger partial charge in [0, 0.05) is 35.6 Å². The van der Waals surface area contributed by atoms with Crippen LogP contribution < -0.4 is 21.4 Å². The molecule has 0 spiro atoms. The van der Waals surface area contributed by atoms with Crippen LogP contribution >= 0.6 is 23.2 Å². The van der Waals surface area contributed by atoms with E-state index in [4.69, 9.17) is 23.2 Å². The van der Waals surface area contributed by atoms with Gasteiger partial charge in [0.2, 0.25) is 0 Å². The second-order valence-electron chi connectivity index (χ2n) is 6.95. The summed E-state index contributed by atoms with van der Waals surface area (Å²) in [5.41, 5.74) is 2.96. The average molecular weight is 417 g/mol. The summed E-state index contributed by atoms with van der Waals surface area (Å²) in [6.45, 7) is 2.48. The van der Waals surface area contributed by atoms with Gasteiger partial charge in [-0.3, -0.25) is 4.79 Å². The number of hydrogen-bond donors (Lipinski definition) is 4. The van der Waals surface area contributed by atoms with Gasteiger partial charge in [-0.1, -0.05) is 35.3 Å². The van der Waals surface area contributed by atoms with Crippen LogP contribution in [0.4, 0.5) is 11.5 Å². The van der Waals surface area contributed by atoms with Gasteiger partial charge >= 0.3 is 0 Å². The number of anilines is 2. The van der Waals surface area contributed by atoms with Gasteiger partial charge in [0.05, 0.1) is 16.2 Å². The lowest BCUT2D eigenvalue weighted by Crippen LogP contribution is -2.30. The van der Waals surface area contributed by atoms with Crippen LogP contribution in [0.2, 0.25) is 10.0 Å². The minimum atomic E-state index is 0.0232. The zero-order valence-corrected chi connectivity index (χ0v) is 16.8. The van der Waals surface area contributed by atoms with Crippen LogP contribution in [0.25, 0.3) is 10.9 Å². The largest absolute Gasteiger partial charge is 0.383 e. The molecule has 1 unspecified atom stereocenters. The van der Waals surface area contributed by atoms with Crippen molar-refractivity contribution in [2.45, 2.75) is 18.9 Å². The highest BCUT2D eigenvalue weighted by Gasteiger charge is 2.22. The van der Waals surface area contributed by atoms with Crippen molar-refractivity contribution in [3.63, 3.8) is 0 Å². The number of aromatic nitrogens is 1. The van der Waals surface area contributed by atoms with E-state index >= 15 is 0 Å². The molecule has 0 radical (unpaired) electrons. The molecular weight excluding hydrogens is 395 g/mol. The van der Waals surface area contributed by atoms with E-state index in [1.54, 1.807) is 12.1 Å². The van der Waals surface area contributed by atoms with Gasteiger partial charge in [-0.15, -0.1) is 0 Å². The third-order valence-electron chi connectivity index (χ3n) is 4.99. The van der Waals surface area contributed by atoms with E-state index in [-0.39, 0.29) is 11.5 Å². The number of halogens is 2. The molecule has 0 saturated heterocycles. The maximum Gasteiger partial charge on any atom is 0.191 e. The molecule has 0 aliphatic carbocycles. The second-order valence-corrected chi connectivity index (χ2v) is 7.79. The number of aromatic amines is 1. The summed E-state index contributed by atoms with van der Waals surface area (Å²) in [5, 5.41) is 12.3. The van der Waals surface area contributed by atoms with E-state index in [0.717, 1.165) is 55.1 Å². The molecular formula is C21H22Cl2N4O. The molecule has 3 aromatic rings. The molecule has 4 N–H and O–H groups in total. The minimum absolute atomic E-state index is 0.0232. The standard InChI is InChI=1S/C21H22Cl2N4O/c22-13-10-15-17(6-9-26-21(15)16(23)11-13)24-7-3-8-25-20-12-19(28)14-4-1-2-5-18(14)27-20/h1-2,4-5,10-12,17,24,26H,3,6-9H2,(H2,25,27,28). The summed E-state index contributed by atoms with van der Waals surface area (Å²) in [6.07, 6.45) is 1.90. The lowest BCUT2D eigenvalue weighted by molar-refractivity contribution is 0.498. The lowest BCUT2D eigenvalue weighted by atomic mass is 9.97. The van der Waals surface area contributed by atoms with E-state index in [2.05, 4.69) is 20.9 Å². The van der Waals surface area contributed by atoms with Crippen LogP contribution in [0, 0.1) is 0 Å². The number of rotatable bonds is 6. The van der Waals surface area contributed by atoms with Gasteiger partial charge in [0.25, 0.3) is 0 Å². The third kappa shape index (κ3) is 4.12. The van der Waals surface area contributed by atoms with Crippen molar-refractivity contribution < 1.29 is 0 Å². The number of nitrogens with one attached hydrogen (secondary N) is 4. The zero-order valence-electron chi connectivity index (χ0n) is 15.3. The first kappa shape index (κ1) is 19.1. The average Bonchev–Trinajstić information content (AvgIpc) is 2.68. The molecule has 2 aromatic carbocycles. The number of H-pyrrole nitrogens is 1. The monoisotopic (exact) mass is 416 g/mol. The van der Waals surface area contributed by atoms with Crippen LogP contribution in [0.3, 0.4) is 0 Å². The fourth-order valence-corrected chi connectivity index (χ4v) is 4.22. The van der Waals surface area contributed by atoms with Crippen molar-refractivity contribution in [2.75, 3.05) is 30.3 Å². The minimum Gasteiger partial charge on any atom is -0.383 e. The van der Waals surface area contributed by atoms with Crippen LogP contribution in [0.15, 0.2) is 47.3 Å². The number of benzene rings is 2. The van der Waals surface area contributed by atoms with Crippen molar-refractivity contribution in [3.05, 3.63) is 68.3 Å². The number of hydrogen-bond acceptors (Lipinski definition) is 4. The van der Waals surface area contributed by atoms with E-state index in [1.165, 1.54) is 0 Å². The normalized spacial score (nSPS) is 15.9. The predicted molar refractivity (Wildman–Crippen MR) is 118 cm³/mol. The van der Waals surface area contributed by atoms with Crippen molar-refractivity contribution >= 4 is 45.6 Å². The fourth-order valence-electron chi connectivity index (χ4n) is 3.64. The highest BCUT2D eigenvalue weighted by molar-refractivity contribution is 6.36. The Morgan fingerprint density at radius 3 is 2.86 bits per heavy atom. The maximum atomic E-state index is 12.2. The second kappa shape index (κ2) is 8.43. The first-order valence-electron chi connectivity index (χ1n) is 9.44. The maximum absolute atomic E-state index is 12.2. The van der Waals surface area contributed by atoms with Gasteiger partial charge in [-0.25, -0.2) is 0 Å². The van der Waals surface area contributed by atoms with Crippen LogP contribution in [0.5, 0.6) is 0 Å². The lowest BCUT2D eigenvalue weighted by Gasteiger charge is -2.28. The van der Waals surface area contributed by atoms with Gasteiger partial charge in [-0.05, 0) is 49.2 Å². The Morgan fingerprint density at radius 1 is 1.11 bits per heavy atom. The summed E-state index contributed by atoms with van der Waals surface area (Å²) in [6, 6.07) is 13.1. The van der Waals surface area contributed by atoms with Crippen molar-refractivity contribution in [3.8, 4) is 0 Å². The molecule has 0 saturated carbocycles. The van der Waals surface area contributed by atoms with Crippen molar-refractivity contribution in [2.24, 2.45) is 0 Å². The Bertz CT molecular complexity index is 1050. The number of pyridine rings is 1. The number of fused-ring (bicyclic) bond motifs is 2. The Kier molecular flexibility index (Phi) is 5.76. The number of para-hydroxylation sites is 1. The molecule has 146 valence electrons. The zero-order chi connectivity index (χ0) is 19.5. The molecule has 1 aromatic heterocycles. The van der Waals surface area contributed by atoms with Crippen molar-refractivity contribution in [1.29, 1.82) is 0 Å². The molecule has 0 bridgehead atoms.